The summed E-state index contributed by atoms with van der Waals surface area (Å²) in [5, 5.41) is 0. The highest BCUT2D eigenvalue weighted by atomic mass is 16.5. The van der Waals surface area contributed by atoms with Gasteiger partial charge in [0.25, 0.3) is 0 Å². The maximum absolute atomic E-state index is 6.10. The van der Waals surface area contributed by atoms with Crippen molar-refractivity contribution in [1.29, 1.82) is 0 Å². The number of hydrogen-bond acceptors (Lipinski definition) is 3. The van der Waals surface area contributed by atoms with Gasteiger partial charge in [0, 0.05) is 30.4 Å². The Morgan fingerprint density at radius 1 is 1.39 bits per heavy atom. The molecule has 2 rings (SSSR count). The molecule has 1 aromatic rings. The molecule has 0 saturated heterocycles. The molecule has 1 aliphatic heterocycles. The van der Waals surface area contributed by atoms with Gasteiger partial charge in [-0.2, -0.15) is 0 Å². The fourth-order valence-corrected chi connectivity index (χ4v) is 2.43. The molecule has 0 radical (unpaired) electrons. The van der Waals surface area contributed by atoms with Crippen LogP contribution < -0.4 is 15.4 Å². The van der Waals surface area contributed by atoms with Crippen LogP contribution in [0.1, 0.15) is 31.9 Å². The highest BCUT2D eigenvalue weighted by Gasteiger charge is 2.18. The topological polar surface area (TPSA) is 38.5 Å². The van der Waals surface area contributed by atoms with Gasteiger partial charge in [0.1, 0.15) is 5.75 Å². The highest BCUT2D eigenvalue weighted by molar-refractivity contribution is 5.61. The number of anilines is 1. The van der Waals surface area contributed by atoms with E-state index in [0.717, 1.165) is 30.8 Å². The van der Waals surface area contributed by atoms with Crippen molar-refractivity contribution in [2.75, 3.05) is 25.1 Å². The Hall–Kier alpha value is -1.48. The van der Waals surface area contributed by atoms with Gasteiger partial charge in [-0.05, 0) is 32.4 Å². The van der Waals surface area contributed by atoms with E-state index in [1.54, 1.807) is 7.11 Å². The lowest BCUT2D eigenvalue weighted by molar-refractivity contribution is 0.407. The third-order valence-electron chi connectivity index (χ3n) is 3.50. The van der Waals surface area contributed by atoms with Crippen LogP contribution in [0.25, 0.3) is 0 Å². The average Bonchev–Trinajstić information content (AvgIpc) is 2.38. The molecule has 1 atom stereocenters. The van der Waals surface area contributed by atoms with E-state index in [9.17, 15) is 0 Å². The zero-order valence-electron chi connectivity index (χ0n) is 11.4. The first-order valence-corrected chi connectivity index (χ1v) is 6.46. The number of nitrogens with two attached hydrogens (primary N) is 1. The molecule has 3 nitrogen and oxygen atoms in total. The standard InChI is InChI=1S/C15H22N2O/c1-11-7-9-17(10-8-11)13-5-4-6-14(18-3)15(13)12(2)16/h4-7,12H,8-10,16H2,1-3H3/t12-/m1/s1. The third kappa shape index (κ3) is 2.51. The minimum absolute atomic E-state index is 0.0249. The fraction of sp³-hybridized carbons (Fsp3) is 0.467. The van der Waals surface area contributed by atoms with E-state index in [0.29, 0.717) is 0 Å². The largest absolute Gasteiger partial charge is 0.496 e. The summed E-state index contributed by atoms with van der Waals surface area (Å²) in [5.74, 6) is 0.883. The van der Waals surface area contributed by atoms with E-state index in [1.807, 2.05) is 19.1 Å². The van der Waals surface area contributed by atoms with Crippen molar-refractivity contribution in [1.82, 2.24) is 0 Å². The van der Waals surface area contributed by atoms with Crippen LogP contribution in [-0.4, -0.2) is 20.2 Å². The predicted molar refractivity (Wildman–Crippen MR) is 76.2 cm³/mol. The molecule has 0 amide bonds. The minimum atomic E-state index is -0.0249. The van der Waals surface area contributed by atoms with Gasteiger partial charge in [-0.3, -0.25) is 0 Å². The van der Waals surface area contributed by atoms with Gasteiger partial charge in [-0.1, -0.05) is 17.7 Å². The molecular weight excluding hydrogens is 224 g/mol. The van der Waals surface area contributed by atoms with Crippen molar-refractivity contribution in [2.45, 2.75) is 26.3 Å². The molecule has 98 valence electrons. The third-order valence-corrected chi connectivity index (χ3v) is 3.50. The van der Waals surface area contributed by atoms with Crippen molar-refractivity contribution in [3.63, 3.8) is 0 Å². The number of ether oxygens (including phenoxy) is 1. The van der Waals surface area contributed by atoms with E-state index in [-0.39, 0.29) is 6.04 Å². The van der Waals surface area contributed by atoms with Gasteiger partial charge in [-0.15, -0.1) is 0 Å². The van der Waals surface area contributed by atoms with E-state index < -0.39 is 0 Å². The molecule has 1 aliphatic rings. The van der Waals surface area contributed by atoms with Crippen LogP contribution in [0.3, 0.4) is 0 Å². The Kier molecular flexibility index (Phi) is 3.92. The monoisotopic (exact) mass is 246 g/mol. The summed E-state index contributed by atoms with van der Waals surface area (Å²) in [5.41, 5.74) is 9.88. The summed E-state index contributed by atoms with van der Waals surface area (Å²) in [4.78, 5) is 2.37. The average molecular weight is 246 g/mol. The number of hydrogen-bond donors (Lipinski definition) is 1. The zero-order chi connectivity index (χ0) is 13.1. The smallest absolute Gasteiger partial charge is 0.125 e. The summed E-state index contributed by atoms with van der Waals surface area (Å²) >= 11 is 0. The number of rotatable bonds is 3. The van der Waals surface area contributed by atoms with Gasteiger partial charge in [0.05, 0.1) is 7.11 Å². The van der Waals surface area contributed by atoms with Crippen molar-refractivity contribution in [3.05, 3.63) is 35.4 Å². The Labute approximate surface area is 109 Å². The normalized spacial score (nSPS) is 17.3. The SMILES string of the molecule is COc1cccc(N2CC=C(C)CC2)c1[C@@H](C)N. The first-order chi connectivity index (χ1) is 8.63. The van der Waals surface area contributed by atoms with Crippen LogP contribution in [-0.2, 0) is 0 Å². The second kappa shape index (κ2) is 5.44. The summed E-state index contributed by atoms with van der Waals surface area (Å²) in [7, 11) is 1.70. The predicted octanol–water partition coefficient (Wildman–Crippen LogP) is 2.87. The van der Waals surface area contributed by atoms with Crippen molar-refractivity contribution in [3.8, 4) is 5.75 Å². The molecule has 0 aromatic heterocycles. The summed E-state index contributed by atoms with van der Waals surface area (Å²) < 4.78 is 5.44. The van der Waals surface area contributed by atoms with Crippen molar-refractivity contribution in [2.24, 2.45) is 5.73 Å². The first kappa shape index (κ1) is 13.0. The molecule has 2 N–H and O–H groups in total. The maximum Gasteiger partial charge on any atom is 0.125 e. The lowest BCUT2D eigenvalue weighted by Gasteiger charge is -2.31. The number of methoxy groups -OCH3 is 1. The first-order valence-electron chi connectivity index (χ1n) is 6.46. The van der Waals surface area contributed by atoms with Crippen LogP contribution >= 0.6 is 0 Å². The molecule has 0 spiro atoms. The van der Waals surface area contributed by atoms with Gasteiger partial charge in [0.2, 0.25) is 0 Å². The summed E-state index contributed by atoms with van der Waals surface area (Å²) in [6.07, 6.45) is 3.41. The van der Waals surface area contributed by atoms with Crippen LogP contribution in [0.4, 0.5) is 5.69 Å². The fourth-order valence-electron chi connectivity index (χ4n) is 2.43. The number of benzene rings is 1. The molecule has 0 saturated carbocycles. The summed E-state index contributed by atoms with van der Waals surface area (Å²) in [6.45, 7) is 6.20. The molecule has 0 aliphatic carbocycles. The molecule has 0 unspecified atom stereocenters. The van der Waals surface area contributed by atoms with E-state index >= 15 is 0 Å². The van der Waals surface area contributed by atoms with Gasteiger partial charge >= 0.3 is 0 Å². The van der Waals surface area contributed by atoms with E-state index in [1.165, 1.54) is 11.3 Å². The van der Waals surface area contributed by atoms with Gasteiger partial charge in [-0.25, -0.2) is 0 Å². The second-order valence-corrected chi connectivity index (χ2v) is 4.93. The quantitative estimate of drug-likeness (QED) is 0.833. The molecule has 0 bridgehead atoms. The maximum atomic E-state index is 6.10. The van der Waals surface area contributed by atoms with Gasteiger partial charge in [0.15, 0.2) is 0 Å². The Bertz CT molecular complexity index is 452. The van der Waals surface area contributed by atoms with Crippen LogP contribution in [0.5, 0.6) is 5.75 Å². The lowest BCUT2D eigenvalue weighted by atomic mass is 10.0. The van der Waals surface area contributed by atoms with Crippen LogP contribution in [0.2, 0.25) is 0 Å². The van der Waals surface area contributed by atoms with E-state index in [4.69, 9.17) is 10.5 Å². The Morgan fingerprint density at radius 2 is 2.17 bits per heavy atom. The van der Waals surface area contributed by atoms with Crippen molar-refractivity contribution >= 4 is 5.69 Å². The molecule has 0 fully saturated rings. The molecule has 18 heavy (non-hydrogen) atoms. The Morgan fingerprint density at radius 3 is 2.72 bits per heavy atom. The minimum Gasteiger partial charge on any atom is -0.496 e. The lowest BCUT2D eigenvalue weighted by Crippen LogP contribution is -2.30. The Balaban J connectivity index is 2.38. The van der Waals surface area contributed by atoms with E-state index in [2.05, 4.69) is 24.0 Å². The molecule has 1 heterocycles. The number of nitrogens with zero attached hydrogens (tertiary/aromatic N) is 1. The molecule has 3 heteroatoms. The van der Waals surface area contributed by atoms with Crippen LogP contribution in [0.15, 0.2) is 29.8 Å². The van der Waals surface area contributed by atoms with Gasteiger partial charge < -0.3 is 15.4 Å². The second-order valence-electron chi connectivity index (χ2n) is 4.93. The molecular formula is C15H22N2O. The summed E-state index contributed by atoms with van der Waals surface area (Å²) in [6, 6.07) is 6.12. The highest BCUT2D eigenvalue weighted by Crippen LogP contribution is 2.34. The van der Waals surface area contributed by atoms with Crippen molar-refractivity contribution < 1.29 is 4.74 Å². The van der Waals surface area contributed by atoms with Crippen LogP contribution in [0, 0.1) is 0 Å². The zero-order valence-corrected chi connectivity index (χ0v) is 11.4. The molecule has 1 aromatic carbocycles.